The smallest absolute Gasteiger partial charge is 0.175 e. The minimum atomic E-state index is -0.0397. The third kappa shape index (κ3) is 5.97. The first kappa shape index (κ1) is 20.7. The van der Waals surface area contributed by atoms with Gasteiger partial charge in [-0.1, -0.05) is 41.4 Å². The Balaban J connectivity index is 1.52. The van der Waals surface area contributed by atoms with E-state index in [0.29, 0.717) is 26.5 Å². The highest BCUT2D eigenvalue weighted by molar-refractivity contribution is 8.00. The normalized spacial score (nSPS) is 10.4. The summed E-state index contributed by atoms with van der Waals surface area (Å²) < 4.78 is 0. The van der Waals surface area contributed by atoms with Gasteiger partial charge in [0.25, 0.3) is 0 Å². The van der Waals surface area contributed by atoms with E-state index in [9.17, 15) is 4.79 Å². The van der Waals surface area contributed by atoms with Crippen molar-refractivity contribution in [1.29, 1.82) is 0 Å². The predicted octanol–water partition coefficient (Wildman–Crippen LogP) is 6.78. The van der Waals surface area contributed by atoms with Crippen molar-refractivity contribution in [1.82, 2.24) is 0 Å². The highest BCUT2D eigenvalue weighted by atomic mass is 35.5. The van der Waals surface area contributed by atoms with E-state index < -0.39 is 0 Å². The molecule has 0 spiro atoms. The molecule has 0 unspecified atom stereocenters. The van der Waals surface area contributed by atoms with Crippen LogP contribution in [0.2, 0.25) is 10.0 Å². The van der Waals surface area contributed by atoms with Gasteiger partial charge in [0.05, 0.1) is 10.8 Å². The van der Waals surface area contributed by atoms with Crippen LogP contribution in [0.15, 0.2) is 77.7 Å². The van der Waals surface area contributed by atoms with Crippen LogP contribution in [0.5, 0.6) is 0 Å². The van der Waals surface area contributed by atoms with Crippen molar-refractivity contribution in [2.75, 3.05) is 16.4 Å². The molecule has 0 saturated heterocycles. The first-order valence-electron chi connectivity index (χ1n) is 8.35. The zero-order valence-corrected chi connectivity index (χ0v) is 17.8. The van der Waals surface area contributed by atoms with Crippen molar-refractivity contribution in [3.05, 3.63) is 88.4 Å². The van der Waals surface area contributed by atoms with Gasteiger partial charge in [-0.15, -0.1) is 11.8 Å². The summed E-state index contributed by atoms with van der Waals surface area (Å²) >= 11 is 18.7. The van der Waals surface area contributed by atoms with Crippen molar-refractivity contribution in [3.8, 4) is 0 Å². The number of rotatable bonds is 6. The SMILES string of the molecule is O=C(CSc1ccc(NC(=S)Nc2ccccc2)cc1)c1ccc(Cl)cc1Cl. The van der Waals surface area contributed by atoms with E-state index in [0.717, 1.165) is 16.3 Å². The highest BCUT2D eigenvalue weighted by Gasteiger charge is 2.11. The molecule has 0 aliphatic rings. The maximum atomic E-state index is 12.4. The molecule has 7 heteroatoms. The summed E-state index contributed by atoms with van der Waals surface area (Å²) in [5, 5.41) is 7.65. The lowest BCUT2D eigenvalue weighted by Gasteiger charge is -2.11. The standard InChI is InChI=1S/C21H16Cl2N2OS2/c22-14-6-11-18(19(23)12-14)20(26)13-28-17-9-7-16(8-10-17)25-21(27)24-15-4-2-1-3-5-15/h1-12H,13H2,(H2,24,25,27). The molecule has 0 aliphatic heterocycles. The van der Waals surface area contributed by atoms with Crippen LogP contribution in [0.3, 0.4) is 0 Å². The summed E-state index contributed by atoms with van der Waals surface area (Å²) in [6, 6.07) is 22.3. The predicted molar refractivity (Wildman–Crippen MR) is 124 cm³/mol. The molecule has 0 aromatic heterocycles. The van der Waals surface area contributed by atoms with Crippen molar-refractivity contribution in [2.45, 2.75) is 4.90 Å². The number of ketones is 1. The van der Waals surface area contributed by atoms with Crippen molar-refractivity contribution in [2.24, 2.45) is 0 Å². The van der Waals surface area contributed by atoms with E-state index in [1.165, 1.54) is 11.8 Å². The Hall–Kier alpha value is -2.05. The van der Waals surface area contributed by atoms with Crippen LogP contribution in [0.25, 0.3) is 0 Å². The number of benzene rings is 3. The van der Waals surface area contributed by atoms with Crippen LogP contribution in [0, 0.1) is 0 Å². The van der Waals surface area contributed by atoms with Gasteiger partial charge in [-0.3, -0.25) is 4.79 Å². The Morgan fingerprint density at radius 3 is 2.18 bits per heavy atom. The van der Waals surface area contributed by atoms with Crippen molar-refractivity contribution >= 4 is 69.5 Å². The Bertz CT molecular complexity index is 979. The van der Waals surface area contributed by atoms with E-state index in [1.807, 2.05) is 54.6 Å². The summed E-state index contributed by atoms with van der Waals surface area (Å²) in [7, 11) is 0. The number of para-hydroxylation sites is 1. The summed E-state index contributed by atoms with van der Waals surface area (Å²) in [4.78, 5) is 13.3. The van der Waals surface area contributed by atoms with Gasteiger partial charge in [-0.25, -0.2) is 0 Å². The van der Waals surface area contributed by atoms with E-state index in [1.54, 1.807) is 18.2 Å². The highest BCUT2D eigenvalue weighted by Crippen LogP contribution is 2.25. The first-order valence-corrected chi connectivity index (χ1v) is 10.5. The fourth-order valence-corrected chi connectivity index (χ4v) is 3.92. The molecule has 0 heterocycles. The zero-order chi connectivity index (χ0) is 19.9. The fourth-order valence-electron chi connectivity index (χ4n) is 2.39. The number of halogens is 2. The fraction of sp³-hybridized carbons (Fsp3) is 0.0476. The molecule has 3 nitrogen and oxygen atoms in total. The molecule has 2 N–H and O–H groups in total. The zero-order valence-electron chi connectivity index (χ0n) is 14.6. The van der Waals surface area contributed by atoms with Crippen LogP contribution in [-0.4, -0.2) is 16.6 Å². The second kappa shape index (κ2) is 9.94. The van der Waals surface area contributed by atoms with Crippen LogP contribution in [-0.2, 0) is 0 Å². The molecule has 0 saturated carbocycles. The van der Waals surface area contributed by atoms with Crippen molar-refractivity contribution in [3.63, 3.8) is 0 Å². The molecule has 3 aromatic carbocycles. The second-order valence-electron chi connectivity index (χ2n) is 5.81. The van der Waals surface area contributed by atoms with Gasteiger partial charge in [0.1, 0.15) is 0 Å². The van der Waals surface area contributed by atoms with Gasteiger partial charge in [0, 0.05) is 26.9 Å². The van der Waals surface area contributed by atoms with Crippen LogP contribution in [0.4, 0.5) is 11.4 Å². The van der Waals surface area contributed by atoms with Crippen LogP contribution in [0.1, 0.15) is 10.4 Å². The largest absolute Gasteiger partial charge is 0.332 e. The molecule has 0 aliphatic carbocycles. The molecule has 142 valence electrons. The molecule has 0 amide bonds. The lowest BCUT2D eigenvalue weighted by Crippen LogP contribution is -2.18. The summed E-state index contributed by atoms with van der Waals surface area (Å²) in [5.41, 5.74) is 2.27. The summed E-state index contributed by atoms with van der Waals surface area (Å²) in [6.07, 6.45) is 0. The van der Waals surface area contributed by atoms with Gasteiger partial charge in [0.2, 0.25) is 0 Å². The third-order valence-electron chi connectivity index (χ3n) is 3.75. The minimum absolute atomic E-state index is 0.0397. The number of hydrogen-bond donors (Lipinski definition) is 2. The Morgan fingerprint density at radius 2 is 1.54 bits per heavy atom. The molecule has 0 fully saturated rings. The molecule has 3 rings (SSSR count). The molecule has 0 atom stereocenters. The molecule has 0 radical (unpaired) electrons. The topological polar surface area (TPSA) is 41.1 Å². The molecular formula is C21H16Cl2N2OS2. The average Bonchev–Trinajstić information content (AvgIpc) is 2.68. The van der Waals surface area contributed by atoms with E-state index in [-0.39, 0.29) is 5.78 Å². The van der Waals surface area contributed by atoms with Gasteiger partial charge in [-0.05, 0) is 66.8 Å². The number of thioether (sulfide) groups is 1. The maximum absolute atomic E-state index is 12.4. The second-order valence-corrected chi connectivity index (χ2v) is 8.11. The minimum Gasteiger partial charge on any atom is -0.332 e. The molecule has 0 bridgehead atoms. The lowest BCUT2D eigenvalue weighted by molar-refractivity contribution is 0.102. The summed E-state index contributed by atoms with van der Waals surface area (Å²) in [6.45, 7) is 0. The van der Waals surface area contributed by atoms with E-state index >= 15 is 0 Å². The van der Waals surface area contributed by atoms with E-state index in [2.05, 4.69) is 10.6 Å². The van der Waals surface area contributed by atoms with Crippen molar-refractivity contribution < 1.29 is 4.79 Å². The number of Topliss-reactive ketones (excluding diaryl/α,β-unsaturated/α-hetero) is 1. The number of hydrogen-bond acceptors (Lipinski definition) is 3. The molecular weight excluding hydrogens is 431 g/mol. The van der Waals surface area contributed by atoms with Gasteiger partial charge in [0.15, 0.2) is 10.9 Å². The first-order chi connectivity index (χ1) is 13.5. The Morgan fingerprint density at radius 1 is 0.893 bits per heavy atom. The van der Waals surface area contributed by atoms with Crippen LogP contribution < -0.4 is 10.6 Å². The van der Waals surface area contributed by atoms with Gasteiger partial charge >= 0.3 is 0 Å². The van der Waals surface area contributed by atoms with Crippen LogP contribution >= 0.6 is 47.2 Å². The maximum Gasteiger partial charge on any atom is 0.175 e. The quantitative estimate of drug-likeness (QED) is 0.248. The Labute approximate surface area is 183 Å². The monoisotopic (exact) mass is 446 g/mol. The molecule has 3 aromatic rings. The Kier molecular flexibility index (Phi) is 7.34. The average molecular weight is 447 g/mol. The number of thiocarbonyl (C=S) groups is 1. The lowest BCUT2D eigenvalue weighted by atomic mass is 10.1. The third-order valence-corrected chi connectivity index (χ3v) is 5.51. The summed E-state index contributed by atoms with van der Waals surface area (Å²) in [5.74, 6) is 0.254. The number of nitrogens with one attached hydrogen (secondary N) is 2. The van der Waals surface area contributed by atoms with E-state index in [4.69, 9.17) is 35.4 Å². The number of carbonyl (C=O) groups is 1. The molecule has 28 heavy (non-hydrogen) atoms. The number of anilines is 2. The van der Waals surface area contributed by atoms with Gasteiger partial charge < -0.3 is 10.6 Å². The van der Waals surface area contributed by atoms with Gasteiger partial charge in [-0.2, -0.15) is 0 Å². The number of carbonyl (C=O) groups excluding carboxylic acids is 1.